The monoisotopic (exact) mass is 391 g/mol. The van der Waals surface area contributed by atoms with E-state index in [1.807, 2.05) is 4.90 Å². The van der Waals surface area contributed by atoms with Gasteiger partial charge in [0.1, 0.15) is 0 Å². The summed E-state index contributed by atoms with van der Waals surface area (Å²) in [5.74, 6) is -0.170. The number of carbonyl (C=O) groups excluding carboxylic acids is 2. The minimum Gasteiger partial charge on any atom is -0.408 e. The molecule has 2 aromatic rings. The molecule has 8 heteroatoms. The quantitative estimate of drug-likeness (QED) is 0.802. The molecule has 2 fully saturated rings. The van der Waals surface area contributed by atoms with Gasteiger partial charge in [-0.25, -0.2) is 4.79 Å². The van der Waals surface area contributed by atoms with Crippen molar-refractivity contribution in [3.05, 3.63) is 33.8 Å². The Balaban J connectivity index is 1.38. The van der Waals surface area contributed by atoms with Gasteiger partial charge in [0.2, 0.25) is 11.8 Å². The molecule has 2 aliphatic heterocycles. The van der Waals surface area contributed by atoms with Gasteiger partial charge in [-0.2, -0.15) is 0 Å². The highest BCUT2D eigenvalue weighted by atomic mass is 35.5. The maximum Gasteiger partial charge on any atom is 0.420 e. The summed E-state index contributed by atoms with van der Waals surface area (Å²) in [4.78, 5) is 40.0. The Morgan fingerprint density at radius 2 is 1.96 bits per heavy atom. The van der Waals surface area contributed by atoms with Crippen LogP contribution in [0, 0.1) is 0 Å². The summed E-state index contributed by atoms with van der Waals surface area (Å²) in [5.41, 5.74) is 1.23. The van der Waals surface area contributed by atoms with E-state index in [0.29, 0.717) is 61.4 Å². The number of fused-ring (bicyclic) bond motifs is 1. The molecule has 0 spiro atoms. The van der Waals surface area contributed by atoms with Crippen molar-refractivity contribution in [3.8, 4) is 0 Å². The lowest BCUT2D eigenvalue weighted by Gasteiger charge is -2.32. The van der Waals surface area contributed by atoms with Crippen LogP contribution in [0.25, 0.3) is 11.1 Å². The standard InChI is InChI=1S/C19H22ClN3O4/c20-13-3-4-16-15(12-13)23(19(26)27-16)14-5-9-22(10-6-14)18(25)7-11-21-8-1-2-17(21)24/h3-4,12,14H,1-2,5-11H2. The Bertz CT molecular complexity index is 927. The first-order valence-corrected chi connectivity index (χ1v) is 9.77. The van der Waals surface area contributed by atoms with Crippen LogP contribution < -0.4 is 5.76 Å². The molecule has 4 rings (SSSR count). The molecular weight excluding hydrogens is 370 g/mol. The number of halogens is 1. The first-order chi connectivity index (χ1) is 13.0. The van der Waals surface area contributed by atoms with Crippen molar-refractivity contribution >= 4 is 34.5 Å². The molecule has 0 bridgehead atoms. The van der Waals surface area contributed by atoms with E-state index in [1.165, 1.54) is 0 Å². The van der Waals surface area contributed by atoms with Gasteiger partial charge >= 0.3 is 5.76 Å². The van der Waals surface area contributed by atoms with Gasteiger partial charge in [0, 0.05) is 50.1 Å². The van der Waals surface area contributed by atoms with Crippen LogP contribution in [0.2, 0.25) is 5.02 Å². The molecule has 0 aliphatic carbocycles. The Kier molecular flexibility index (Phi) is 4.95. The number of hydrogen-bond donors (Lipinski definition) is 0. The molecule has 0 unspecified atom stereocenters. The number of carbonyl (C=O) groups is 2. The molecule has 7 nitrogen and oxygen atoms in total. The van der Waals surface area contributed by atoms with E-state index in [2.05, 4.69) is 0 Å². The summed E-state index contributed by atoms with van der Waals surface area (Å²) in [7, 11) is 0. The SMILES string of the molecule is O=C1CCCN1CCC(=O)N1CCC(n2c(=O)oc3ccc(Cl)cc32)CC1. The van der Waals surface area contributed by atoms with Crippen LogP contribution >= 0.6 is 11.6 Å². The average molecular weight is 392 g/mol. The Labute approximate surface area is 161 Å². The first kappa shape index (κ1) is 18.1. The normalized spacial score (nSPS) is 18.6. The second kappa shape index (κ2) is 7.38. The fourth-order valence-electron chi connectivity index (χ4n) is 4.06. The summed E-state index contributed by atoms with van der Waals surface area (Å²) in [6.07, 6.45) is 3.22. The van der Waals surface area contributed by atoms with E-state index in [0.717, 1.165) is 13.0 Å². The Hall–Kier alpha value is -2.28. The van der Waals surface area contributed by atoms with Gasteiger partial charge in [0.15, 0.2) is 5.58 Å². The molecule has 27 heavy (non-hydrogen) atoms. The van der Waals surface area contributed by atoms with Crippen molar-refractivity contribution in [1.82, 2.24) is 14.4 Å². The number of oxazole rings is 1. The Morgan fingerprint density at radius 3 is 2.67 bits per heavy atom. The third-order valence-corrected chi connectivity index (χ3v) is 5.76. The van der Waals surface area contributed by atoms with Gasteiger partial charge < -0.3 is 14.2 Å². The summed E-state index contributed by atoms with van der Waals surface area (Å²) >= 11 is 6.06. The number of amides is 2. The minimum atomic E-state index is -0.385. The molecule has 1 aromatic heterocycles. The van der Waals surface area contributed by atoms with E-state index in [4.69, 9.17) is 16.0 Å². The summed E-state index contributed by atoms with van der Waals surface area (Å²) in [6, 6.07) is 5.13. The molecule has 1 aromatic carbocycles. The third kappa shape index (κ3) is 3.60. The smallest absolute Gasteiger partial charge is 0.408 e. The highest BCUT2D eigenvalue weighted by Crippen LogP contribution is 2.27. The molecule has 144 valence electrons. The van der Waals surface area contributed by atoms with Gasteiger partial charge in [0.05, 0.1) is 5.52 Å². The van der Waals surface area contributed by atoms with E-state index in [-0.39, 0.29) is 23.6 Å². The number of piperidine rings is 1. The van der Waals surface area contributed by atoms with Crippen molar-refractivity contribution in [3.63, 3.8) is 0 Å². The van der Waals surface area contributed by atoms with Gasteiger partial charge in [0.25, 0.3) is 0 Å². The van der Waals surface area contributed by atoms with Gasteiger partial charge in [-0.1, -0.05) is 11.6 Å². The summed E-state index contributed by atoms with van der Waals surface area (Å²) in [6.45, 7) is 2.45. The highest BCUT2D eigenvalue weighted by Gasteiger charge is 2.28. The molecule has 0 atom stereocenters. The van der Waals surface area contributed by atoms with Crippen molar-refractivity contribution in [2.24, 2.45) is 0 Å². The van der Waals surface area contributed by atoms with Crippen LogP contribution in [-0.2, 0) is 9.59 Å². The largest absolute Gasteiger partial charge is 0.420 e. The number of likely N-dealkylation sites (tertiary alicyclic amines) is 2. The molecule has 2 aliphatic rings. The minimum absolute atomic E-state index is 0.0126. The lowest BCUT2D eigenvalue weighted by Crippen LogP contribution is -2.41. The van der Waals surface area contributed by atoms with Crippen molar-refractivity contribution in [2.75, 3.05) is 26.2 Å². The molecule has 3 heterocycles. The van der Waals surface area contributed by atoms with E-state index in [9.17, 15) is 14.4 Å². The van der Waals surface area contributed by atoms with Crippen LogP contribution in [0.3, 0.4) is 0 Å². The van der Waals surface area contributed by atoms with Gasteiger partial charge in [-0.15, -0.1) is 0 Å². The first-order valence-electron chi connectivity index (χ1n) is 9.39. The Morgan fingerprint density at radius 1 is 1.19 bits per heavy atom. The fraction of sp³-hybridized carbons (Fsp3) is 0.526. The second-order valence-corrected chi connectivity index (χ2v) is 7.63. The number of rotatable bonds is 4. The number of benzene rings is 1. The van der Waals surface area contributed by atoms with Crippen LogP contribution in [0.1, 0.15) is 38.1 Å². The lowest BCUT2D eigenvalue weighted by molar-refractivity contribution is -0.133. The van der Waals surface area contributed by atoms with Gasteiger partial charge in [-0.05, 0) is 37.5 Å². The van der Waals surface area contributed by atoms with E-state index < -0.39 is 0 Å². The zero-order valence-electron chi connectivity index (χ0n) is 15.0. The van der Waals surface area contributed by atoms with E-state index >= 15 is 0 Å². The van der Waals surface area contributed by atoms with Gasteiger partial charge in [-0.3, -0.25) is 14.2 Å². The lowest BCUT2D eigenvalue weighted by atomic mass is 10.0. The zero-order chi connectivity index (χ0) is 19.0. The molecule has 0 saturated carbocycles. The molecule has 2 amide bonds. The van der Waals surface area contributed by atoms with Crippen molar-refractivity contribution in [2.45, 2.75) is 38.1 Å². The summed E-state index contributed by atoms with van der Waals surface area (Å²) in [5, 5.41) is 0.557. The predicted molar refractivity (Wildman–Crippen MR) is 101 cm³/mol. The van der Waals surface area contributed by atoms with Crippen molar-refractivity contribution in [1.29, 1.82) is 0 Å². The van der Waals surface area contributed by atoms with Crippen LogP contribution in [-0.4, -0.2) is 52.4 Å². The fourth-order valence-corrected chi connectivity index (χ4v) is 4.22. The maximum absolute atomic E-state index is 12.5. The van der Waals surface area contributed by atoms with Crippen LogP contribution in [0.5, 0.6) is 0 Å². The zero-order valence-corrected chi connectivity index (χ0v) is 15.8. The molecule has 0 radical (unpaired) electrons. The maximum atomic E-state index is 12.5. The topological polar surface area (TPSA) is 75.8 Å². The van der Waals surface area contributed by atoms with Crippen LogP contribution in [0.15, 0.2) is 27.4 Å². The molecule has 2 saturated heterocycles. The highest BCUT2D eigenvalue weighted by molar-refractivity contribution is 6.31. The molecular formula is C19H22ClN3O4. The number of nitrogens with zero attached hydrogens (tertiary/aromatic N) is 3. The second-order valence-electron chi connectivity index (χ2n) is 7.20. The van der Waals surface area contributed by atoms with Crippen LogP contribution in [0.4, 0.5) is 0 Å². The predicted octanol–water partition coefficient (Wildman–Crippen LogP) is 2.42. The summed E-state index contributed by atoms with van der Waals surface area (Å²) < 4.78 is 6.98. The van der Waals surface area contributed by atoms with Crippen molar-refractivity contribution < 1.29 is 14.0 Å². The third-order valence-electron chi connectivity index (χ3n) is 5.52. The average Bonchev–Trinajstić information content (AvgIpc) is 3.21. The van der Waals surface area contributed by atoms with E-state index in [1.54, 1.807) is 27.7 Å². The number of aromatic nitrogens is 1. The molecule has 0 N–H and O–H groups in total. The number of hydrogen-bond acceptors (Lipinski definition) is 4.